The van der Waals surface area contributed by atoms with Crippen molar-refractivity contribution < 1.29 is 9.53 Å². The third-order valence-electron chi connectivity index (χ3n) is 5.57. The molecule has 1 N–H and O–H groups in total. The van der Waals surface area contributed by atoms with Crippen LogP contribution in [0.25, 0.3) is 0 Å². The van der Waals surface area contributed by atoms with Crippen molar-refractivity contribution >= 4 is 17.2 Å². The number of rotatable bonds is 4. The van der Waals surface area contributed by atoms with E-state index in [-0.39, 0.29) is 11.3 Å². The molecule has 1 amide bonds. The van der Waals surface area contributed by atoms with Crippen LogP contribution in [0.5, 0.6) is 5.75 Å². The molecule has 1 aromatic carbocycles. The highest BCUT2D eigenvalue weighted by Crippen LogP contribution is 2.37. The summed E-state index contributed by atoms with van der Waals surface area (Å²) in [5.74, 6) is 0.845. The molecule has 138 valence electrons. The van der Waals surface area contributed by atoms with Crippen LogP contribution in [0.2, 0.25) is 0 Å². The van der Waals surface area contributed by atoms with Gasteiger partial charge in [-0.05, 0) is 49.2 Å². The van der Waals surface area contributed by atoms with Gasteiger partial charge in [-0.1, -0.05) is 30.3 Å². The van der Waals surface area contributed by atoms with Crippen LogP contribution >= 0.6 is 11.3 Å². The van der Waals surface area contributed by atoms with Crippen molar-refractivity contribution in [3.8, 4) is 5.75 Å². The Labute approximate surface area is 159 Å². The minimum absolute atomic E-state index is 0.132. The average molecular weight is 371 g/mol. The number of amides is 1. The van der Waals surface area contributed by atoms with Crippen LogP contribution in [-0.4, -0.2) is 37.0 Å². The summed E-state index contributed by atoms with van der Waals surface area (Å²) in [5.41, 5.74) is 1.39. The third kappa shape index (κ3) is 3.79. The van der Waals surface area contributed by atoms with E-state index in [2.05, 4.69) is 10.2 Å². The molecule has 2 saturated heterocycles. The Bertz CT molecular complexity index is 732. The third-order valence-corrected chi connectivity index (χ3v) is 6.45. The Balaban J connectivity index is 1.44. The second-order valence-corrected chi connectivity index (χ2v) is 8.41. The van der Waals surface area contributed by atoms with Gasteiger partial charge in [0.25, 0.3) is 5.91 Å². The molecule has 3 heterocycles. The number of nitrogens with zero attached hydrogens (tertiary/aromatic N) is 1. The molecule has 0 radical (unpaired) electrons. The van der Waals surface area contributed by atoms with Gasteiger partial charge in [0.15, 0.2) is 0 Å². The summed E-state index contributed by atoms with van der Waals surface area (Å²) in [6, 6.07) is 12.0. The quantitative estimate of drug-likeness (QED) is 0.886. The maximum absolute atomic E-state index is 13.2. The monoisotopic (exact) mass is 370 g/mol. The number of thiophene rings is 1. The molecule has 1 unspecified atom stereocenters. The van der Waals surface area contributed by atoms with Gasteiger partial charge >= 0.3 is 0 Å². The predicted molar refractivity (Wildman–Crippen MR) is 105 cm³/mol. The van der Waals surface area contributed by atoms with E-state index in [0.717, 1.165) is 43.0 Å². The van der Waals surface area contributed by atoms with Crippen molar-refractivity contribution in [3.63, 3.8) is 0 Å². The molecule has 5 heteroatoms. The van der Waals surface area contributed by atoms with Crippen molar-refractivity contribution in [2.45, 2.75) is 32.3 Å². The van der Waals surface area contributed by atoms with E-state index in [1.54, 1.807) is 0 Å². The van der Waals surface area contributed by atoms with E-state index in [0.29, 0.717) is 12.4 Å². The van der Waals surface area contributed by atoms with Gasteiger partial charge in [-0.25, -0.2) is 0 Å². The van der Waals surface area contributed by atoms with Gasteiger partial charge in [0, 0.05) is 25.0 Å². The summed E-state index contributed by atoms with van der Waals surface area (Å²) in [7, 11) is 0. The molecule has 2 aromatic rings. The number of carbonyl (C=O) groups excluding carboxylic acids is 1. The van der Waals surface area contributed by atoms with E-state index in [9.17, 15) is 4.79 Å². The molecule has 2 aliphatic heterocycles. The average Bonchev–Trinajstić information content (AvgIpc) is 3.16. The largest absolute Gasteiger partial charge is 0.487 e. The lowest BCUT2D eigenvalue weighted by Crippen LogP contribution is -2.52. The zero-order chi connectivity index (χ0) is 17.8. The molecule has 0 aliphatic carbocycles. The molecule has 1 spiro atoms. The highest BCUT2D eigenvalue weighted by atomic mass is 32.1. The number of nitrogens with one attached hydrogen (secondary N) is 1. The van der Waals surface area contributed by atoms with Crippen molar-refractivity contribution in [3.05, 3.63) is 52.2 Å². The zero-order valence-electron chi connectivity index (χ0n) is 15.1. The predicted octanol–water partition coefficient (Wildman–Crippen LogP) is 3.93. The van der Waals surface area contributed by atoms with Gasteiger partial charge in [-0.3, -0.25) is 4.79 Å². The summed E-state index contributed by atoms with van der Waals surface area (Å²) in [5, 5.41) is 5.48. The van der Waals surface area contributed by atoms with Gasteiger partial charge < -0.3 is 15.0 Å². The molecule has 26 heavy (non-hydrogen) atoms. The van der Waals surface area contributed by atoms with Crippen LogP contribution in [0.1, 0.15) is 40.9 Å². The highest BCUT2D eigenvalue weighted by Gasteiger charge is 2.38. The Hall–Kier alpha value is -1.85. The summed E-state index contributed by atoms with van der Waals surface area (Å²) in [6.45, 7) is 4.37. The van der Waals surface area contributed by atoms with Crippen LogP contribution in [0.15, 0.2) is 41.8 Å². The van der Waals surface area contributed by atoms with E-state index in [1.807, 2.05) is 41.8 Å². The smallest absolute Gasteiger partial charge is 0.267 e. The first-order chi connectivity index (χ1) is 12.8. The molecule has 0 saturated carbocycles. The van der Waals surface area contributed by atoms with Crippen molar-refractivity contribution in [2.75, 3.05) is 26.2 Å². The van der Waals surface area contributed by atoms with Gasteiger partial charge in [-0.15, -0.1) is 11.3 Å². The number of benzene rings is 1. The summed E-state index contributed by atoms with van der Waals surface area (Å²) in [6.07, 6.45) is 4.77. The Kier molecular flexibility index (Phi) is 5.27. The fraction of sp³-hybridized carbons (Fsp3) is 0.476. The Morgan fingerprint density at radius 1 is 1.19 bits per heavy atom. The van der Waals surface area contributed by atoms with Gasteiger partial charge in [0.1, 0.15) is 17.2 Å². The van der Waals surface area contributed by atoms with Crippen LogP contribution < -0.4 is 10.1 Å². The van der Waals surface area contributed by atoms with Crippen LogP contribution in [-0.2, 0) is 6.61 Å². The molecule has 1 atom stereocenters. The topological polar surface area (TPSA) is 41.6 Å². The van der Waals surface area contributed by atoms with Gasteiger partial charge in [-0.2, -0.15) is 0 Å². The molecule has 2 fully saturated rings. The maximum atomic E-state index is 13.2. The lowest BCUT2D eigenvalue weighted by atomic mass is 9.74. The van der Waals surface area contributed by atoms with Gasteiger partial charge in [0.05, 0.1) is 0 Å². The summed E-state index contributed by atoms with van der Waals surface area (Å²) in [4.78, 5) is 15.9. The Morgan fingerprint density at radius 3 is 2.85 bits per heavy atom. The molecule has 1 aromatic heterocycles. The molecular weight excluding hydrogens is 344 g/mol. The Morgan fingerprint density at radius 2 is 2.04 bits per heavy atom. The van der Waals surface area contributed by atoms with Gasteiger partial charge in [0.2, 0.25) is 0 Å². The first kappa shape index (κ1) is 17.6. The number of ether oxygens (including phenoxy) is 1. The van der Waals surface area contributed by atoms with E-state index >= 15 is 0 Å². The lowest BCUT2D eigenvalue weighted by Gasteiger charge is -2.45. The lowest BCUT2D eigenvalue weighted by molar-refractivity contribution is 0.0435. The standard InChI is InChI=1S/C21H26N2O2S/c24-20(23-12-5-10-21(16-23)9-4-11-22-15-21)19-18(8-13-26-19)25-14-17-6-2-1-3-7-17/h1-3,6-8,13,22H,4-5,9-12,14-16H2. The minimum atomic E-state index is 0.132. The van der Waals surface area contributed by atoms with Crippen LogP contribution in [0, 0.1) is 5.41 Å². The summed E-state index contributed by atoms with van der Waals surface area (Å²) < 4.78 is 5.96. The van der Waals surface area contributed by atoms with Crippen LogP contribution in [0.4, 0.5) is 0 Å². The molecule has 0 bridgehead atoms. The summed E-state index contributed by atoms with van der Waals surface area (Å²) >= 11 is 1.49. The maximum Gasteiger partial charge on any atom is 0.267 e. The normalized spacial score (nSPS) is 23.2. The van der Waals surface area contributed by atoms with Crippen molar-refractivity contribution in [1.82, 2.24) is 10.2 Å². The van der Waals surface area contributed by atoms with E-state index in [4.69, 9.17) is 4.74 Å². The molecule has 4 rings (SSSR count). The van der Waals surface area contributed by atoms with Crippen LogP contribution in [0.3, 0.4) is 0 Å². The second-order valence-electron chi connectivity index (χ2n) is 7.50. The second kappa shape index (κ2) is 7.80. The minimum Gasteiger partial charge on any atom is -0.487 e. The SMILES string of the molecule is O=C(c1sccc1OCc1ccccc1)N1CCCC2(CCCNC2)C1. The first-order valence-electron chi connectivity index (χ1n) is 9.50. The fourth-order valence-corrected chi connectivity index (χ4v) is 5.01. The zero-order valence-corrected chi connectivity index (χ0v) is 15.9. The first-order valence-corrected chi connectivity index (χ1v) is 10.4. The number of carbonyl (C=O) groups is 1. The van der Waals surface area contributed by atoms with E-state index < -0.39 is 0 Å². The number of likely N-dealkylation sites (tertiary alicyclic amines) is 1. The molecular formula is C21H26N2O2S. The van der Waals surface area contributed by atoms with Crippen molar-refractivity contribution in [1.29, 1.82) is 0 Å². The highest BCUT2D eigenvalue weighted by molar-refractivity contribution is 7.12. The molecule has 4 nitrogen and oxygen atoms in total. The van der Waals surface area contributed by atoms with Crippen molar-refractivity contribution in [2.24, 2.45) is 5.41 Å². The molecule has 2 aliphatic rings. The number of hydrogen-bond acceptors (Lipinski definition) is 4. The number of piperidine rings is 2. The number of hydrogen-bond donors (Lipinski definition) is 1. The fourth-order valence-electron chi connectivity index (χ4n) is 4.21. The van der Waals surface area contributed by atoms with E-state index in [1.165, 1.54) is 30.6 Å².